The van der Waals surface area contributed by atoms with Crippen molar-refractivity contribution in [3.63, 3.8) is 0 Å². The van der Waals surface area contributed by atoms with Crippen molar-refractivity contribution in [2.24, 2.45) is 11.5 Å². The number of hydrogen-bond acceptors (Lipinski definition) is 3. The predicted octanol–water partition coefficient (Wildman–Crippen LogP) is 0.428. The highest BCUT2D eigenvalue weighted by molar-refractivity contribution is 5.92. The van der Waals surface area contributed by atoms with Crippen LogP contribution in [0.15, 0.2) is 24.3 Å². The first-order chi connectivity index (χ1) is 7.54. The largest absolute Gasteiger partial charge is 0.481 e. The van der Waals surface area contributed by atoms with Crippen molar-refractivity contribution >= 4 is 11.8 Å². The maximum absolute atomic E-state index is 10.9. The van der Waals surface area contributed by atoms with Gasteiger partial charge in [-0.15, -0.1) is 0 Å². The van der Waals surface area contributed by atoms with Gasteiger partial charge in [0.15, 0.2) is 6.10 Å². The molecule has 0 aliphatic rings. The highest BCUT2D eigenvalue weighted by Crippen LogP contribution is 2.14. The molecule has 0 saturated heterocycles. The summed E-state index contributed by atoms with van der Waals surface area (Å²) in [5.74, 6) is -0.536. The van der Waals surface area contributed by atoms with E-state index in [0.717, 1.165) is 0 Å². The monoisotopic (exact) mass is 222 g/mol. The summed E-state index contributed by atoms with van der Waals surface area (Å²) < 4.78 is 5.33. The third-order valence-electron chi connectivity index (χ3n) is 2.11. The number of ether oxygens (including phenoxy) is 1. The van der Waals surface area contributed by atoms with Gasteiger partial charge >= 0.3 is 0 Å². The molecule has 0 heterocycles. The van der Waals surface area contributed by atoms with Crippen LogP contribution < -0.4 is 16.2 Å². The number of benzene rings is 1. The summed E-state index contributed by atoms with van der Waals surface area (Å²) in [6, 6.07) is 6.22. The number of nitrogens with two attached hydrogens (primary N) is 2. The van der Waals surface area contributed by atoms with E-state index in [2.05, 4.69) is 0 Å². The van der Waals surface area contributed by atoms with Crippen molar-refractivity contribution in [2.45, 2.75) is 19.4 Å². The van der Waals surface area contributed by atoms with Crippen LogP contribution in [-0.2, 0) is 4.79 Å². The molecule has 0 aromatic heterocycles. The van der Waals surface area contributed by atoms with Gasteiger partial charge in [0.25, 0.3) is 5.91 Å². The molecular weight excluding hydrogens is 208 g/mol. The Labute approximate surface area is 93.4 Å². The maximum atomic E-state index is 10.9. The fourth-order valence-corrected chi connectivity index (χ4v) is 1.20. The van der Waals surface area contributed by atoms with E-state index in [1.165, 1.54) is 12.1 Å². The molecule has 0 fully saturated rings. The minimum atomic E-state index is -0.653. The Bertz CT molecular complexity index is 387. The summed E-state index contributed by atoms with van der Waals surface area (Å²) in [6.45, 7) is 1.80. The van der Waals surface area contributed by atoms with Crippen LogP contribution in [0.4, 0.5) is 0 Å². The molecule has 0 aliphatic carbocycles. The molecule has 1 unspecified atom stereocenters. The second-order valence-electron chi connectivity index (χ2n) is 3.31. The van der Waals surface area contributed by atoms with Gasteiger partial charge in [-0.25, -0.2) is 0 Å². The molecule has 5 heteroatoms. The van der Waals surface area contributed by atoms with Gasteiger partial charge in [0, 0.05) is 5.56 Å². The molecule has 1 aromatic carbocycles. The minimum absolute atomic E-state index is 0.388. The maximum Gasteiger partial charge on any atom is 0.258 e. The van der Waals surface area contributed by atoms with Crippen LogP contribution in [0, 0.1) is 0 Å². The number of amides is 2. The van der Waals surface area contributed by atoms with Crippen LogP contribution in [0.5, 0.6) is 5.75 Å². The van der Waals surface area contributed by atoms with Crippen LogP contribution in [0.25, 0.3) is 0 Å². The molecule has 5 nitrogen and oxygen atoms in total. The third-order valence-corrected chi connectivity index (χ3v) is 2.11. The summed E-state index contributed by atoms with van der Waals surface area (Å²) in [4.78, 5) is 21.7. The van der Waals surface area contributed by atoms with Crippen molar-refractivity contribution in [1.29, 1.82) is 0 Å². The second-order valence-corrected chi connectivity index (χ2v) is 3.31. The molecule has 86 valence electrons. The molecule has 0 spiro atoms. The fraction of sp³-hybridized carbons (Fsp3) is 0.273. The Kier molecular flexibility index (Phi) is 3.88. The van der Waals surface area contributed by atoms with Crippen LogP contribution >= 0.6 is 0 Å². The first kappa shape index (κ1) is 12.0. The van der Waals surface area contributed by atoms with Crippen molar-refractivity contribution in [3.8, 4) is 5.75 Å². The van der Waals surface area contributed by atoms with Gasteiger partial charge in [0.05, 0.1) is 0 Å². The highest BCUT2D eigenvalue weighted by Gasteiger charge is 2.14. The summed E-state index contributed by atoms with van der Waals surface area (Å²) in [7, 11) is 0. The molecule has 16 heavy (non-hydrogen) atoms. The first-order valence-electron chi connectivity index (χ1n) is 4.90. The molecule has 0 saturated carbocycles. The second kappa shape index (κ2) is 5.16. The van der Waals surface area contributed by atoms with E-state index in [0.29, 0.717) is 17.7 Å². The normalized spacial score (nSPS) is 11.8. The molecule has 0 bridgehead atoms. The molecule has 1 rings (SSSR count). The SMILES string of the molecule is CCC(Oc1ccc(C(N)=O)cc1)C(N)=O. The van der Waals surface area contributed by atoms with Crippen molar-refractivity contribution in [3.05, 3.63) is 29.8 Å². The molecule has 1 atom stereocenters. The van der Waals surface area contributed by atoms with Gasteiger partial charge in [-0.05, 0) is 30.7 Å². The zero-order chi connectivity index (χ0) is 12.1. The topological polar surface area (TPSA) is 95.4 Å². The smallest absolute Gasteiger partial charge is 0.258 e. The zero-order valence-electron chi connectivity index (χ0n) is 8.97. The molecule has 2 amide bonds. The van der Waals surface area contributed by atoms with Crippen LogP contribution in [-0.4, -0.2) is 17.9 Å². The van der Waals surface area contributed by atoms with E-state index in [1.54, 1.807) is 19.1 Å². The van der Waals surface area contributed by atoms with Gasteiger partial charge < -0.3 is 16.2 Å². The average molecular weight is 222 g/mol. The van der Waals surface area contributed by atoms with E-state index in [1.807, 2.05) is 0 Å². The highest BCUT2D eigenvalue weighted by atomic mass is 16.5. The number of carbonyl (C=O) groups is 2. The molecule has 1 aromatic rings. The quantitative estimate of drug-likeness (QED) is 0.756. The predicted molar refractivity (Wildman–Crippen MR) is 58.9 cm³/mol. The van der Waals surface area contributed by atoms with Crippen LogP contribution in [0.3, 0.4) is 0 Å². The van der Waals surface area contributed by atoms with Gasteiger partial charge in [-0.3, -0.25) is 9.59 Å². The third kappa shape index (κ3) is 2.98. The number of hydrogen-bond donors (Lipinski definition) is 2. The van der Waals surface area contributed by atoms with Crippen molar-refractivity contribution in [2.75, 3.05) is 0 Å². The Hall–Kier alpha value is -2.04. The number of rotatable bonds is 5. The van der Waals surface area contributed by atoms with E-state index in [-0.39, 0.29) is 0 Å². The van der Waals surface area contributed by atoms with Gasteiger partial charge in [0.1, 0.15) is 5.75 Å². The standard InChI is InChI=1S/C11H14N2O3/c1-2-9(11(13)15)16-8-5-3-7(4-6-8)10(12)14/h3-6,9H,2H2,1H3,(H2,12,14)(H2,13,15). The zero-order valence-corrected chi connectivity index (χ0v) is 8.97. The summed E-state index contributed by atoms with van der Waals surface area (Å²) >= 11 is 0. The Morgan fingerprint density at radius 2 is 1.81 bits per heavy atom. The Morgan fingerprint density at radius 3 is 2.19 bits per heavy atom. The first-order valence-corrected chi connectivity index (χ1v) is 4.90. The van der Waals surface area contributed by atoms with Crippen LogP contribution in [0.1, 0.15) is 23.7 Å². The lowest BCUT2D eigenvalue weighted by Gasteiger charge is -2.13. The summed E-state index contributed by atoms with van der Waals surface area (Å²) in [5.41, 5.74) is 10.6. The van der Waals surface area contributed by atoms with Crippen LogP contribution in [0.2, 0.25) is 0 Å². The Morgan fingerprint density at radius 1 is 1.25 bits per heavy atom. The minimum Gasteiger partial charge on any atom is -0.481 e. The molecule has 4 N–H and O–H groups in total. The van der Waals surface area contributed by atoms with E-state index < -0.39 is 17.9 Å². The van der Waals surface area contributed by atoms with E-state index >= 15 is 0 Å². The lowest BCUT2D eigenvalue weighted by atomic mass is 10.2. The lowest BCUT2D eigenvalue weighted by Crippen LogP contribution is -2.32. The van der Waals surface area contributed by atoms with Gasteiger partial charge in [-0.2, -0.15) is 0 Å². The van der Waals surface area contributed by atoms with Crippen molar-refractivity contribution < 1.29 is 14.3 Å². The van der Waals surface area contributed by atoms with Crippen molar-refractivity contribution in [1.82, 2.24) is 0 Å². The van der Waals surface area contributed by atoms with E-state index in [9.17, 15) is 9.59 Å². The van der Waals surface area contributed by atoms with Gasteiger partial charge in [0.2, 0.25) is 5.91 Å². The molecule has 0 radical (unpaired) electrons. The fourth-order valence-electron chi connectivity index (χ4n) is 1.20. The summed E-state index contributed by atoms with van der Waals surface area (Å²) in [6.07, 6.45) is -0.160. The number of primary amides is 2. The molecule has 0 aliphatic heterocycles. The van der Waals surface area contributed by atoms with Gasteiger partial charge in [-0.1, -0.05) is 6.92 Å². The summed E-state index contributed by atoms with van der Waals surface area (Å²) in [5, 5.41) is 0. The average Bonchev–Trinajstić information content (AvgIpc) is 2.26. The lowest BCUT2D eigenvalue weighted by molar-refractivity contribution is -0.124. The Balaban J connectivity index is 2.75. The molecular formula is C11H14N2O3. The van der Waals surface area contributed by atoms with E-state index in [4.69, 9.17) is 16.2 Å². The number of carbonyl (C=O) groups excluding carboxylic acids is 2.